The Morgan fingerprint density at radius 2 is 2.57 bits per heavy atom. The molecule has 0 amide bonds. The summed E-state index contributed by atoms with van der Waals surface area (Å²) in [5, 5.41) is 14.7. The van der Waals surface area contributed by atoms with Crippen LogP contribution in [0.4, 0.5) is 0 Å². The lowest BCUT2D eigenvalue weighted by molar-refractivity contribution is 0.503. The Kier molecular flexibility index (Phi) is 2.88. The second-order valence-corrected chi connectivity index (χ2v) is 3.57. The van der Waals surface area contributed by atoms with E-state index >= 15 is 0 Å². The Morgan fingerprint density at radius 3 is 3.21 bits per heavy atom. The van der Waals surface area contributed by atoms with Crippen molar-refractivity contribution in [3.63, 3.8) is 0 Å². The molecule has 1 unspecified atom stereocenters. The Hall–Kier alpha value is -1.23. The summed E-state index contributed by atoms with van der Waals surface area (Å²) in [4.78, 5) is 0. The number of allylic oxidation sites excluding steroid dienone is 1. The molecule has 0 aromatic carbocycles. The second-order valence-electron chi connectivity index (χ2n) is 3.57. The van der Waals surface area contributed by atoms with Crippen molar-refractivity contribution in [1.29, 1.82) is 0 Å². The van der Waals surface area contributed by atoms with E-state index in [1.807, 2.05) is 7.05 Å². The van der Waals surface area contributed by atoms with Crippen LogP contribution in [0.1, 0.15) is 25.1 Å². The first-order valence-corrected chi connectivity index (χ1v) is 4.97. The van der Waals surface area contributed by atoms with Gasteiger partial charge < -0.3 is 5.32 Å². The summed E-state index contributed by atoms with van der Waals surface area (Å²) < 4.78 is 1.69. The molecule has 1 aromatic heterocycles. The van der Waals surface area contributed by atoms with Crippen LogP contribution in [0.2, 0.25) is 0 Å². The zero-order valence-electron chi connectivity index (χ0n) is 8.35. The van der Waals surface area contributed by atoms with Crippen molar-refractivity contribution in [3.05, 3.63) is 18.0 Å². The topological polar surface area (TPSA) is 55.6 Å². The lowest BCUT2D eigenvalue weighted by Gasteiger charge is -2.17. The SMILES string of the molecule is Cn1nnnc1CNC1C=CCCC1. The molecule has 1 heterocycles. The number of nitrogens with one attached hydrogen (secondary N) is 1. The number of tetrazole rings is 1. The van der Waals surface area contributed by atoms with Gasteiger partial charge >= 0.3 is 0 Å². The summed E-state index contributed by atoms with van der Waals surface area (Å²) in [5.41, 5.74) is 0. The fraction of sp³-hybridized carbons (Fsp3) is 0.667. The molecule has 0 radical (unpaired) electrons. The van der Waals surface area contributed by atoms with Gasteiger partial charge in [0.15, 0.2) is 5.82 Å². The summed E-state index contributed by atoms with van der Waals surface area (Å²) in [5.74, 6) is 0.879. The smallest absolute Gasteiger partial charge is 0.164 e. The van der Waals surface area contributed by atoms with Crippen molar-refractivity contribution in [2.75, 3.05) is 0 Å². The highest BCUT2D eigenvalue weighted by Gasteiger charge is 2.09. The van der Waals surface area contributed by atoms with Crippen molar-refractivity contribution in [2.24, 2.45) is 7.05 Å². The number of hydrogen-bond donors (Lipinski definition) is 1. The molecule has 5 heteroatoms. The molecule has 0 saturated carbocycles. The molecular formula is C9H15N5. The van der Waals surface area contributed by atoms with Gasteiger partial charge in [-0.3, -0.25) is 0 Å². The predicted octanol–water partition coefficient (Wildman–Crippen LogP) is 0.408. The maximum Gasteiger partial charge on any atom is 0.164 e. The molecule has 76 valence electrons. The molecule has 1 aliphatic rings. The number of rotatable bonds is 3. The van der Waals surface area contributed by atoms with Crippen molar-refractivity contribution in [1.82, 2.24) is 25.5 Å². The Balaban J connectivity index is 1.85. The van der Waals surface area contributed by atoms with Crippen LogP contribution in [-0.4, -0.2) is 26.2 Å². The summed E-state index contributed by atoms with van der Waals surface area (Å²) in [6.45, 7) is 0.735. The van der Waals surface area contributed by atoms with Crippen LogP contribution in [-0.2, 0) is 13.6 Å². The first-order chi connectivity index (χ1) is 6.86. The minimum atomic E-state index is 0.487. The Morgan fingerprint density at radius 1 is 1.64 bits per heavy atom. The predicted molar refractivity (Wildman–Crippen MR) is 52.4 cm³/mol. The first-order valence-electron chi connectivity index (χ1n) is 4.97. The van der Waals surface area contributed by atoms with E-state index in [4.69, 9.17) is 0 Å². The van der Waals surface area contributed by atoms with Crippen LogP contribution in [0.25, 0.3) is 0 Å². The number of nitrogens with zero attached hydrogens (tertiary/aromatic N) is 4. The zero-order chi connectivity index (χ0) is 9.80. The minimum absolute atomic E-state index is 0.487. The fourth-order valence-corrected chi connectivity index (χ4v) is 1.60. The Labute approximate surface area is 83.2 Å². The van der Waals surface area contributed by atoms with E-state index in [1.165, 1.54) is 19.3 Å². The summed E-state index contributed by atoms with van der Waals surface area (Å²) >= 11 is 0. The van der Waals surface area contributed by atoms with Gasteiger partial charge in [-0.15, -0.1) is 5.10 Å². The van der Waals surface area contributed by atoms with E-state index in [-0.39, 0.29) is 0 Å². The quantitative estimate of drug-likeness (QED) is 0.706. The van der Waals surface area contributed by atoms with E-state index in [0.717, 1.165) is 12.4 Å². The number of aromatic nitrogens is 4. The summed E-state index contributed by atoms with van der Waals surface area (Å²) in [6, 6.07) is 0.487. The van der Waals surface area contributed by atoms with Crippen molar-refractivity contribution in [2.45, 2.75) is 31.8 Å². The molecule has 1 aromatic rings. The molecule has 0 saturated heterocycles. The summed E-state index contributed by atoms with van der Waals surface area (Å²) in [7, 11) is 1.85. The van der Waals surface area contributed by atoms with Gasteiger partial charge in [0.1, 0.15) is 0 Å². The highest BCUT2D eigenvalue weighted by molar-refractivity contribution is 4.98. The number of aryl methyl sites for hydroxylation is 1. The van der Waals surface area contributed by atoms with Crippen LogP contribution in [0, 0.1) is 0 Å². The largest absolute Gasteiger partial charge is 0.303 e. The molecule has 1 aliphatic carbocycles. The molecule has 0 fully saturated rings. The maximum atomic E-state index is 3.92. The van der Waals surface area contributed by atoms with Gasteiger partial charge in [0, 0.05) is 13.1 Å². The average molecular weight is 193 g/mol. The van der Waals surface area contributed by atoms with E-state index < -0.39 is 0 Å². The van der Waals surface area contributed by atoms with Gasteiger partial charge in [0.05, 0.1) is 6.54 Å². The maximum absolute atomic E-state index is 3.92. The molecule has 1 atom stereocenters. The van der Waals surface area contributed by atoms with Gasteiger partial charge in [0.2, 0.25) is 0 Å². The highest BCUT2D eigenvalue weighted by atomic mass is 15.5. The summed E-state index contributed by atoms with van der Waals surface area (Å²) in [6.07, 6.45) is 8.15. The van der Waals surface area contributed by atoms with Gasteiger partial charge in [-0.2, -0.15) is 0 Å². The first kappa shape index (κ1) is 9.33. The molecule has 2 rings (SSSR count). The molecule has 0 aliphatic heterocycles. The lowest BCUT2D eigenvalue weighted by atomic mass is 10.0. The van der Waals surface area contributed by atoms with Crippen molar-refractivity contribution < 1.29 is 0 Å². The molecule has 0 spiro atoms. The van der Waals surface area contributed by atoms with Gasteiger partial charge in [-0.05, 0) is 29.7 Å². The van der Waals surface area contributed by atoms with E-state index in [9.17, 15) is 0 Å². The standard InChI is InChI=1S/C9H15N5/c1-14-9(11-12-13-14)7-10-8-5-3-2-4-6-8/h3,5,8,10H,2,4,6-7H2,1H3. The molecule has 0 bridgehead atoms. The monoisotopic (exact) mass is 193 g/mol. The number of hydrogen-bond acceptors (Lipinski definition) is 4. The van der Waals surface area contributed by atoms with Crippen LogP contribution in [0.15, 0.2) is 12.2 Å². The third-order valence-corrected chi connectivity index (χ3v) is 2.48. The Bertz CT molecular complexity index is 317. The van der Waals surface area contributed by atoms with Crippen molar-refractivity contribution in [3.8, 4) is 0 Å². The highest BCUT2D eigenvalue weighted by Crippen LogP contribution is 2.10. The molecule has 5 nitrogen and oxygen atoms in total. The van der Waals surface area contributed by atoms with Gasteiger partial charge in [-0.25, -0.2) is 4.68 Å². The van der Waals surface area contributed by atoms with Crippen LogP contribution in [0.5, 0.6) is 0 Å². The van der Waals surface area contributed by atoms with E-state index in [1.54, 1.807) is 4.68 Å². The zero-order valence-corrected chi connectivity index (χ0v) is 8.35. The lowest BCUT2D eigenvalue weighted by Crippen LogP contribution is -2.29. The molecule has 1 N–H and O–H groups in total. The minimum Gasteiger partial charge on any atom is -0.303 e. The van der Waals surface area contributed by atoms with E-state index in [0.29, 0.717) is 6.04 Å². The van der Waals surface area contributed by atoms with E-state index in [2.05, 4.69) is 33.0 Å². The van der Waals surface area contributed by atoms with Crippen LogP contribution < -0.4 is 5.32 Å². The molecule has 14 heavy (non-hydrogen) atoms. The van der Waals surface area contributed by atoms with Crippen LogP contribution in [0.3, 0.4) is 0 Å². The second kappa shape index (κ2) is 4.32. The third-order valence-electron chi connectivity index (χ3n) is 2.48. The average Bonchev–Trinajstić information content (AvgIpc) is 2.63. The van der Waals surface area contributed by atoms with Crippen LogP contribution >= 0.6 is 0 Å². The normalized spacial score (nSPS) is 21.4. The molecular weight excluding hydrogens is 178 g/mol. The third kappa shape index (κ3) is 2.17. The van der Waals surface area contributed by atoms with Gasteiger partial charge in [0.25, 0.3) is 0 Å². The van der Waals surface area contributed by atoms with Crippen molar-refractivity contribution >= 4 is 0 Å². The fourth-order valence-electron chi connectivity index (χ4n) is 1.60. The van der Waals surface area contributed by atoms with Gasteiger partial charge in [-0.1, -0.05) is 12.2 Å².